The van der Waals surface area contributed by atoms with Gasteiger partial charge in [-0.05, 0) is 19.3 Å². The number of hydrogen-bond acceptors (Lipinski definition) is 4. The van der Waals surface area contributed by atoms with Crippen molar-refractivity contribution in [2.75, 3.05) is 5.32 Å². The normalized spacial score (nSPS) is 13.3. The average Bonchev–Trinajstić information content (AvgIpc) is 3.13. The number of aryl methyl sites for hydroxylation is 3. The fourth-order valence-electron chi connectivity index (χ4n) is 2.78. The van der Waals surface area contributed by atoms with Crippen LogP contribution in [0, 0.1) is 11.3 Å². The summed E-state index contributed by atoms with van der Waals surface area (Å²) in [4.78, 5) is 16.6. The molecule has 0 saturated heterocycles. The number of amides is 1. The molecule has 2 aromatic rings. The average molecular weight is 312 g/mol. The van der Waals surface area contributed by atoms with Crippen LogP contribution in [0.5, 0.6) is 0 Å². The maximum absolute atomic E-state index is 12.1. The Balaban J connectivity index is 1.53. The van der Waals surface area contributed by atoms with Gasteiger partial charge in [0.15, 0.2) is 5.82 Å². The lowest BCUT2D eigenvalue weighted by molar-refractivity contribution is -0.115. The van der Waals surface area contributed by atoms with E-state index in [1.54, 1.807) is 10.7 Å². The van der Waals surface area contributed by atoms with Crippen LogP contribution in [0.1, 0.15) is 37.2 Å². The maximum Gasteiger partial charge on any atom is 0.231 e. The van der Waals surface area contributed by atoms with Crippen molar-refractivity contribution >= 4 is 11.7 Å². The van der Waals surface area contributed by atoms with Gasteiger partial charge in [0.05, 0.1) is 18.2 Å². The minimum atomic E-state index is -0.109. The first kappa shape index (κ1) is 15.3. The Morgan fingerprint density at radius 3 is 3.17 bits per heavy atom. The number of nitrogens with one attached hydrogen (secondary N) is 1. The summed E-state index contributed by atoms with van der Waals surface area (Å²) >= 11 is 0. The first-order chi connectivity index (χ1) is 11.2. The fraction of sp³-hybridized carbons (Fsp3) is 0.500. The highest BCUT2D eigenvalue weighted by atomic mass is 16.1. The molecule has 1 N–H and O–H groups in total. The van der Waals surface area contributed by atoms with Gasteiger partial charge in [0.25, 0.3) is 0 Å². The molecule has 0 saturated carbocycles. The highest BCUT2D eigenvalue weighted by molar-refractivity contribution is 5.91. The summed E-state index contributed by atoms with van der Waals surface area (Å²) < 4.78 is 3.89. The molecule has 0 spiro atoms. The number of carbonyl (C=O) groups is 1. The topological polar surface area (TPSA) is 88.5 Å². The Labute approximate surface area is 134 Å². The van der Waals surface area contributed by atoms with Gasteiger partial charge in [0, 0.05) is 44.4 Å². The van der Waals surface area contributed by atoms with E-state index in [4.69, 9.17) is 5.26 Å². The highest BCUT2D eigenvalue weighted by Gasteiger charge is 2.14. The maximum atomic E-state index is 12.1. The van der Waals surface area contributed by atoms with Gasteiger partial charge in [-0.25, -0.2) is 4.98 Å². The van der Waals surface area contributed by atoms with Gasteiger partial charge in [0.1, 0.15) is 5.82 Å². The summed E-state index contributed by atoms with van der Waals surface area (Å²) in [7, 11) is 0. The van der Waals surface area contributed by atoms with E-state index in [1.165, 1.54) is 12.8 Å². The van der Waals surface area contributed by atoms with Gasteiger partial charge >= 0.3 is 0 Å². The molecule has 3 rings (SSSR count). The molecule has 0 unspecified atom stereocenters. The van der Waals surface area contributed by atoms with E-state index in [-0.39, 0.29) is 12.3 Å². The molecule has 7 nitrogen and oxygen atoms in total. The monoisotopic (exact) mass is 312 g/mol. The Hall–Kier alpha value is -2.62. The van der Waals surface area contributed by atoms with Crippen molar-refractivity contribution in [1.82, 2.24) is 19.3 Å². The molecule has 0 radical (unpaired) electrons. The second kappa shape index (κ2) is 7.09. The Bertz CT molecular complexity index is 700. The smallest absolute Gasteiger partial charge is 0.231 e. The number of nitrogens with zero attached hydrogens (tertiary/aromatic N) is 5. The van der Waals surface area contributed by atoms with Crippen LogP contribution in [0.25, 0.3) is 0 Å². The molecule has 120 valence electrons. The summed E-state index contributed by atoms with van der Waals surface area (Å²) in [6.07, 6.45) is 8.66. The standard InChI is InChI=1S/C16H20N6O/c17-7-2-4-9-22-10-6-14(20-22)19-16(23)11-13-12-21-8-3-1-5-15(21)18-13/h6,10,12H,1-5,8-9,11H2,(H,19,20,23). The van der Waals surface area contributed by atoms with Crippen molar-refractivity contribution in [3.63, 3.8) is 0 Å². The lowest BCUT2D eigenvalue weighted by Gasteiger charge is -2.11. The second-order valence-corrected chi connectivity index (χ2v) is 5.75. The predicted molar refractivity (Wildman–Crippen MR) is 84.6 cm³/mol. The van der Waals surface area contributed by atoms with E-state index in [0.717, 1.165) is 30.9 Å². The van der Waals surface area contributed by atoms with Crippen LogP contribution in [-0.4, -0.2) is 25.2 Å². The SMILES string of the molecule is N#CCCCn1ccc(NC(=O)Cc2cn3c(n2)CCCC3)n1. The third kappa shape index (κ3) is 3.97. The zero-order valence-corrected chi connectivity index (χ0v) is 13.0. The minimum absolute atomic E-state index is 0.109. The van der Waals surface area contributed by atoms with Crippen LogP contribution in [0.4, 0.5) is 5.82 Å². The van der Waals surface area contributed by atoms with Crippen molar-refractivity contribution < 1.29 is 4.79 Å². The third-order valence-corrected chi connectivity index (χ3v) is 3.88. The van der Waals surface area contributed by atoms with Crippen molar-refractivity contribution in [3.05, 3.63) is 30.0 Å². The third-order valence-electron chi connectivity index (χ3n) is 3.88. The number of unbranched alkanes of at least 4 members (excludes halogenated alkanes) is 1. The molecule has 0 fully saturated rings. The van der Waals surface area contributed by atoms with Crippen LogP contribution in [0.3, 0.4) is 0 Å². The van der Waals surface area contributed by atoms with Gasteiger partial charge in [-0.15, -0.1) is 0 Å². The van der Waals surface area contributed by atoms with E-state index in [1.807, 2.05) is 12.4 Å². The van der Waals surface area contributed by atoms with Gasteiger partial charge in [-0.3, -0.25) is 9.48 Å². The lowest BCUT2D eigenvalue weighted by Crippen LogP contribution is -2.15. The predicted octanol–water partition coefficient (Wildman–Crippen LogP) is 1.90. The number of aromatic nitrogens is 4. The molecule has 1 aliphatic rings. The first-order valence-corrected chi connectivity index (χ1v) is 8.00. The van der Waals surface area contributed by atoms with Crippen molar-refractivity contribution in [1.29, 1.82) is 5.26 Å². The second-order valence-electron chi connectivity index (χ2n) is 5.75. The number of anilines is 1. The van der Waals surface area contributed by atoms with Crippen LogP contribution in [-0.2, 0) is 30.7 Å². The molecule has 0 bridgehead atoms. The number of rotatable bonds is 6. The zero-order chi connectivity index (χ0) is 16.1. The number of nitriles is 1. The zero-order valence-electron chi connectivity index (χ0n) is 13.0. The molecule has 0 aliphatic carbocycles. The molecule has 1 aliphatic heterocycles. The largest absolute Gasteiger partial charge is 0.335 e. The van der Waals surface area contributed by atoms with Crippen molar-refractivity contribution in [3.8, 4) is 6.07 Å². The number of fused-ring (bicyclic) bond motifs is 1. The van der Waals surface area contributed by atoms with E-state index < -0.39 is 0 Å². The molecule has 1 amide bonds. The van der Waals surface area contributed by atoms with Crippen LogP contribution >= 0.6 is 0 Å². The number of carbonyl (C=O) groups excluding carboxylic acids is 1. The van der Waals surface area contributed by atoms with Crippen molar-refractivity contribution in [2.24, 2.45) is 0 Å². The van der Waals surface area contributed by atoms with Gasteiger partial charge in [-0.2, -0.15) is 10.4 Å². The summed E-state index contributed by atoms with van der Waals surface area (Å²) in [6.45, 7) is 1.67. The van der Waals surface area contributed by atoms with Crippen LogP contribution < -0.4 is 5.32 Å². The molecule has 0 atom stereocenters. The Kier molecular flexibility index (Phi) is 4.71. The van der Waals surface area contributed by atoms with Gasteiger partial charge in [-0.1, -0.05) is 0 Å². The summed E-state index contributed by atoms with van der Waals surface area (Å²) in [5, 5.41) is 15.6. The van der Waals surface area contributed by atoms with E-state index in [9.17, 15) is 4.79 Å². The highest BCUT2D eigenvalue weighted by Crippen LogP contribution is 2.15. The minimum Gasteiger partial charge on any atom is -0.335 e. The van der Waals surface area contributed by atoms with Crippen LogP contribution in [0.2, 0.25) is 0 Å². The molecule has 23 heavy (non-hydrogen) atoms. The Morgan fingerprint density at radius 1 is 1.43 bits per heavy atom. The molecule has 2 aromatic heterocycles. The van der Waals surface area contributed by atoms with Gasteiger partial charge in [0.2, 0.25) is 5.91 Å². The fourth-order valence-corrected chi connectivity index (χ4v) is 2.78. The molecule has 0 aromatic carbocycles. The Morgan fingerprint density at radius 2 is 2.35 bits per heavy atom. The molecule has 3 heterocycles. The van der Waals surface area contributed by atoms with E-state index >= 15 is 0 Å². The van der Waals surface area contributed by atoms with E-state index in [0.29, 0.717) is 18.8 Å². The van der Waals surface area contributed by atoms with Crippen LogP contribution in [0.15, 0.2) is 18.5 Å². The van der Waals surface area contributed by atoms with E-state index in [2.05, 4.69) is 26.0 Å². The molecular weight excluding hydrogens is 292 g/mol. The first-order valence-electron chi connectivity index (χ1n) is 8.00. The van der Waals surface area contributed by atoms with Crippen molar-refractivity contribution in [2.45, 2.75) is 51.6 Å². The quantitative estimate of drug-likeness (QED) is 0.825. The molecule has 7 heteroatoms. The summed E-state index contributed by atoms with van der Waals surface area (Å²) in [5.41, 5.74) is 0.813. The number of hydrogen-bond donors (Lipinski definition) is 1. The lowest BCUT2D eigenvalue weighted by atomic mass is 10.2. The summed E-state index contributed by atoms with van der Waals surface area (Å²) in [6, 6.07) is 3.87. The number of imidazole rings is 1. The van der Waals surface area contributed by atoms with Gasteiger partial charge < -0.3 is 9.88 Å². The summed E-state index contributed by atoms with van der Waals surface area (Å²) in [5.74, 6) is 1.51. The molecular formula is C16H20N6O.